The zero-order chi connectivity index (χ0) is 10.4. The third-order valence-corrected chi connectivity index (χ3v) is 1.45. The van der Waals surface area contributed by atoms with Gasteiger partial charge in [-0.05, 0) is 24.3 Å². The molecule has 0 saturated heterocycles. The van der Waals surface area contributed by atoms with Gasteiger partial charge in [0.2, 0.25) is 0 Å². The van der Waals surface area contributed by atoms with Gasteiger partial charge in [0.1, 0.15) is 18.1 Å². The maximum atomic E-state index is 10.6. The third-order valence-electron chi connectivity index (χ3n) is 1.45. The van der Waals surface area contributed by atoms with E-state index >= 15 is 0 Å². The van der Waals surface area contributed by atoms with Crippen LogP contribution in [0.15, 0.2) is 24.3 Å². The highest BCUT2D eigenvalue weighted by Gasteiger charge is 1.98. The second kappa shape index (κ2) is 5.24. The van der Waals surface area contributed by atoms with Crippen molar-refractivity contribution in [3.8, 4) is 11.5 Å². The van der Waals surface area contributed by atoms with Crippen LogP contribution in [0.4, 0.5) is 0 Å². The van der Waals surface area contributed by atoms with E-state index in [1.165, 1.54) is 6.92 Å². The summed E-state index contributed by atoms with van der Waals surface area (Å²) in [5.41, 5.74) is 0. The van der Waals surface area contributed by atoms with Crippen molar-refractivity contribution in [1.82, 2.24) is 0 Å². The Morgan fingerprint density at radius 3 is 2.36 bits per heavy atom. The molecule has 1 N–H and O–H groups in total. The Kier molecular flexibility index (Phi) is 3.94. The Hall–Kier alpha value is -1.55. The van der Waals surface area contributed by atoms with Crippen LogP contribution in [0.25, 0.3) is 0 Å². The van der Waals surface area contributed by atoms with Crippen molar-refractivity contribution >= 4 is 5.97 Å². The van der Waals surface area contributed by atoms with Gasteiger partial charge in [0.15, 0.2) is 0 Å². The lowest BCUT2D eigenvalue weighted by Gasteiger charge is -2.05. The summed E-state index contributed by atoms with van der Waals surface area (Å²) in [5, 5.41) is 8.51. The van der Waals surface area contributed by atoms with Crippen LogP contribution in [-0.2, 0) is 4.79 Å². The first-order valence-corrected chi connectivity index (χ1v) is 4.24. The monoisotopic (exact) mass is 196 g/mol. The molecule has 0 aromatic heterocycles. The van der Waals surface area contributed by atoms with Gasteiger partial charge >= 0.3 is 5.97 Å². The quantitative estimate of drug-likeness (QED) is 0.576. The maximum Gasteiger partial charge on any atom is 0.308 e. The van der Waals surface area contributed by atoms with E-state index in [0.29, 0.717) is 11.5 Å². The smallest absolute Gasteiger partial charge is 0.308 e. The number of hydrogen-bond donors (Lipinski definition) is 1. The summed E-state index contributed by atoms with van der Waals surface area (Å²) in [5.74, 6) is 0.762. The molecule has 0 aliphatic carbocycles. The minimum Gasteiger partial charge on any atom is -0.491 e. The van der Waals surface area contributed by atoms with Crippen LogP contribution in [-0.4, -0.2) is 24.3 Å². The van der Waals surface area contributed by atoms with E-state index in [0.717, 1.165) is 0 Å². The number of carbonyl (C=O) groups excluding carboxylic acids is 1. The van der Waals surface area contributed by atoms with Gasteiger partial charge in [-0.3, -0.25) is 4.79 Å². The predicted molar refractivity (Wildman–Crippen MR) is 50.3 cm³/mol. The number of aliphatic hydroxyl groups is 1. The Morgan fingerprint density at radius 2 is 1.86 bits per heavy atom. The molecular formula is C10H12O4. The van der Waals surface area contributed by atoms with Crippen molar-refractivity contribution in [3.63, 3.8) is 0 Å². The maximum absolute atomic E-state index is 10.6. The van der Waals surface area contributed by atoms with Crippen LogP contribution >= 0.6 is 0 Å². The van der Waals surface area contributed by atoms with Crippen molar-refractivity contribution in [2.75, 3.05) is 13.2 Å². The third kappa shape index (κ3) is 3.45. The van der Waals surface area contributed by atoms with Crippen LogP contribution in [0.1, 0.15) is 6.92 Å². The van der Waals surface area contributed by atoms with Gasteiger partial charge in [0.05, 0.1) is 6.61 Å². The molecule has 0 aliphatic rings. The van der Waals surface area contributed by atoms with E-state index in [4.69, 9.17) is 14.6 Å². The zero-order valence-electron chi connectivity index (χ0n) is 7.90. The van der Waals surface area contributed by atoms with Crippen LogP contribution in [0.3, 0.4) is 0 Å². The van der Waals surface area contributed by atoms with Gasteiger partial charge in [0.25, 0.3) is 0 Å². The molecule has 1 aromatic carbocycles. The summed E-state index contributed by atoms with van der Waals surface area (Å²) in [6, 6.07) is 6.62. The summed E-state index contributed by atoms with van der Waals surface area (Å²) in [6.45, 7) is 1.58. The van der Waals surface area contributed by atoms with Crippen LogP contribution in [0, 0.1) is 0 Å². The van der Waals surface area contributed by atoms with E-state index < -0.39 is 0 Å². The van der Waals surface area contributed by atoms with Gasteiger partial charge < -0.3 is 14.6 Å². The molecule has 0 spiro atoms. The minimum atomic E-state index is -0.353. The number of rotatable bonds is 4. The Labute approximate surface area is 82.1 Å². The lowest BCUT2D eigenvalue weighted by atomic mass is 10.3. The van der Waals surface area contributed by atoms with E-state index in [1.807, 2.05) is 0 Å². The number of carbonyl (C=O) groups is 1. The van der Waals surface area contributed by atoms with Crippen LogP contribution < -0.4 is 9.47 Å². The Morgan fingerprint density at radius 1 is 1.29 bits per heavy atom. The first kappa shape index (κ1) is 10.5. The highest BCUT2D eigenvalue weighted by Crippen LogP contribution is 2.17. The summed E-state index contributed by atoms with van der Waals surface area (Å²) < 4.78 is 9.95. The number of benzene rings is 1. The minimum absolute atomic E-state index is 0.0221. The molecule has 0 heterocycles. The second-order valence-corrected chi connectivity index (χ2v) is 2.64. The standard InChI is InChI=1S/C10H12O4/c1-8(12)14-10-4-2-9(3-5-10)13-7-6-11/h2-5,11H,6-7H2,1H3. The molecule has 4 nitrogen and oxygen atoms in total. The van der Waals surface area contributed by atoms with Gasteiger partial charge in [-0.1, -0.05) is 0 Å². The largest absolute Gasteiger partial charge is 0.491 e. The molecule has 0 radical (unpaired) electrons. The fraction of sp³-hybridized carbons (Fsp3) is 0.300. The molecule has 1 aromatic rings. The fourth-order valence-electron chi connectivity index (χ4n) is 0.933. The summed E-state index contributed by atoms with van der Waals surface area (Å²) in [7, 11) is 0. The van der Waals surface area contributed by atoms with Crippen molar-refractivity contribution in [3.05, 3.63) is 24.3 Å². The summed E-state index contributed by atoms with van der Waals surface area (Å²) in [4.78, 5) is 10.6. The lowest BCUT2D eigenvalue weighted by Crippen LogP contribution is -2.03. The molecule has 0 atom stereocenters. The number of ether oxygens (including phenoxy) is 2. The van der Waals surface area contributed by atoms with E-state index in [2.05, 4.69) is 0 Å². The highest BCUT2D eigenvalue weighted by atomic mass is 16.5. The lowest BCUT2D eigenvalue weighted by molar-refractivity contribution is -0.131. The highest BCUT2D eigenvalue weighted by molar-refractivity contribution is 5.69. The van der Waals surface area contributed by atoms with E-state index in [9.17, 15) is 4.79 Å². The van der Waals surface area contributed by atoms with Gasteiger partial charge in [0, 0.05) is 6.92 Å². The van der Waals surface area contributed by atoms with Crippen LogP contribution in [0.2, 0.25) is 0 Å². The number of esters is 1. The van der Waals surface area contributed by atoms with Crippen LogP contribution in [0.5, 0.6) is 11.5 Å². The first-order chi connectivity index (χ1) is 6.72. The average Bonchev–Trinajstić information content (AvgIpc) is 2.16. The number of aliphatic hydroxyl groups excluding tert-OH is 1. The molecular weight excluding hydrogens is 184 g/mol. The van der Waals surface area contributed by atoms with Gasteiger partial charge in [-0.15, -0.1) is 0 Å². The molecule has 0 unspecified atom stereocenters. The topological polar surface area (TPSA) is 55.8 Å². The molecule has 4 heteroatoms. The van der Waals surface area contributed by atoms with Crippen molar-refractivity contribution < 1.29 is 19.4 Å². The normalized spacial score (nSPS) is 9.57. The molecule has 0 aliphatic heterocycles. The van der Waals surface area contributed by atoms with E-state index in [1.54, 1.807) is 24.3 Å². The second-order valence-electron chi connectivity index (χ2n) is 2.64. The van der Waals surface area contributed by atoms with Gasteiger partial charge in [-0.25, -0.2) is 0 Å². The SMILES string of the molecule is CC(=O)Oc1ccc(OCCO)cc1. The molecule has 14 heavy (non-hydrogen) atoms. The van der Waals surface area contributed by atoms with Crippen molar-refractivity contribution in [1.29, 1.82) is 0 Å². The summed E-state index contributed by atoms with van der Waals surface area (Å²) in [6.07, 6.45) is 0. The zero-order valence-corrected chi connectivity index (χ0v) is 7.90. The molecule has 0 fully saturated rings. The van der Waals surface area contributed by atoms with Crippen molar-refractivity contribution in [2.45, 2.75) is 6.92 Å². The number of hydrogen-bond acceptors (Lipinski definition) is 4. The Balaban J connectivity index is 2.54. The average molecular weight is 196 g/mol. The first-order valence-electron chi connectivity index (χ1n) is 4.24. The molecule has 76 valence electrons. The predicted octanol–water partition coefficient (Wildman–Crippen LogP) is 0.983. The molecule has 0 amide bonds. The molecule has 1 rings (SSSR count). The molecule has 0 saturated carbocycles. The van der Waals surface area contributed by atoms with Gasteiger partial charge in [-0.2, -0.15) is 0 Å². The fourth-order valence-corrected chi connectivity index (χ4v) is 0.933. The Bertz CT molecular complexity index is 291. The van der Waals surface area contributed by atoms with E-state index in [-0.39, 0.29) is 19.2 Å². The molecule has 0 bridgehead atoms. The van der Waals surface area contributed by atoms with Crippen molar-refractivity contribution in [2.24, 2.45) is 0 Å². The summed E-state index contributed by atoms with van der Waals surface area (Å²) >= 11 is 0.